The summed E-state index contributed by atoms with van der Waals surface area (Å²) in [4.78, 5) is 27.5. The molecule has 5 heteroatoms. The molecule has 2 aromatic rings. The molecule has 4 saturated carbocycles. The van der Waals surface area contributed by atoms with Crippen LogP contribution >= 0.6 is 0 Å². The zero-order valence-electron chi connectivity index (χ0n) is 31.9. The van der Waals surface area contributed by atoms with Crippen LogP contribution in [0.2, 0.25) is 0 Å². The third kappa shape index (κ3) is 5.64. The van der Waals surface area contributed by atoms with Crippen molar-refractivity contribution >= 4 is 12.0 Å². The van der Waals surface area contributed by atoms with Crippen molar-refractivity contribution < 1.29 is 14.3 Å². The molecule has 7 rings (SSSR count). The van der Waals surface area contributed by atoms with Crippen molar-refractivity contribution in [3.05, 3.63) is 83.4 Å². The van der Waals surface area contributed by atoms with Gasteiger partial charge in [-0.25, -0.2) is 4.79 Å². The highest BCUT2D eigenvalue weighted by molar-refractivity contribution is 5.84. The molecule has 0 aliphatic heterocycles. The van der Waals surface area contributed by atoms with Crippen LogP contribution < -0.4 is 10.6 Å². The van der Waals surface area contributed by atoms with Crippen LogP contribution in [-0.2, 0) is 22.6 Å². The molecule has 0 aromatic heterocycles. The molecule has 8 atom stereocenters. The van der Waals surface area contributed by atoms with Gasteiger partial charge < -0.3 is 15.4 Å². The molecule has 5 aliphatic carbocycles. The van der Waals surface area contributed by atoms with Gasteiger partial charge in [0.1, 0.15) is 6.10 Å². The molecule has 270 valence electrons. The minimum atomic E-state index is -0.321. The number of amides is 2. The van der Waals surface area contributed by atoms with E-state index in [-0.39, 0.29) is 50.6 Å². The van der Waals surface area contributed by atoms with E-state index in [0.29, 0.717) is 30.8 Å². The summed E-state index contributed by atoms with van der Waals surface area (Å²) in [5.74, 6) is 1.61. The maximum atomic E-state index is 14.4. The van der Waals surface area contributed by atoms with Gasteiger partial charge in [-0.2, -0.15) is 0 Å². The van der Waals surface area contributed by atoms with Crippen LogP contribution in [0.1, 0.15) is 124 Å². The molecular weight excluding hydrogens is 617 g/mol. The van der Waals surface area contributed by atoms with E-state index in [2.05, 4.69) is 89.4 Å². The number of fused-ring (bicyclic) bond motifs is 7. The van der Waals surface area contributed by atoms with Crippen molar-refractivity contribution in [1.82, 2.24) is 10.6 Å². The zero-order chi connectivity index (χ0) is 35.6. The summed E-state index contributed by atoms with van der Waals surface area (Å²) in [6, 6.07) is 20.4. The molecule has 0 bridgehead atoms. The largest absolute Gasteiger partial charge is 0.446 e. The van der Waals surface area contributed by atoms with Crippen LogP contribution in [0.3, 0.4) is 0 Å². The number of carbonyl (C=O) groups is 2. The summed E-state index contributed by atoms with van der Waals surface area (Å²) in [6.45, 7) is 18.5. The van der Waals surface area contributed by atoms with E-state index >= 15 is 0 Å². The third-order valence-corrected chi connectivity index (χ3v) is 15.9. The average Bonchev–Trinajstić information content (AvgIpc) is 3.08. The lowest BCUT2D eigenvalue weighted by molar-refractivity contribution is -0.203. The molecule has 2 amide bonds. The Labute approximate surface area is 301 Å². The smallest absolute Gasteiger partial charge is 0.407 e. The Morgan fingerprint density at radius 1 is 0.720 bits per heavy atom. The van der Waals surface area contributed by atoms with E-state index in [9.17, 15) is 9.59 Å². The van der Waals surface area contributed by atoms with Crippen molar-refractivity contribution in [2.24, 2.45) is 50.2 Å². The third-order valence-electron chi connectivity index (χ3n) is 15.9. The molecule has 0 spiro atoms. The summed E-state index contributed by atoms with van der Waals surface area (Å²) in [6.07, 6.45) is 12.9. The highest BCUT2D eigenvalue weighted by atomic mass is 16.6. The van der Waals surface area contributed by atoms with Crippen LogP contribution in [-0.4, -0.2) is 18.1 Å². The Hall–Kier alpha value is -3.08. The topological polar surface area (TPSA) is 67.4 Å². The maximum Gasteiger partial charge on any atom is 0.407 e. The Morgan fingerprint density at radius 3 is 2.00 bits per heavy atom. The molecule has 2 aromatic carbocycles. The number of allylic oxidation sites excluding steroid dienone is 2. The van der Waals surface area contributed by atoms with Gasteiger partial charge in [-0.3, -0.25) is 4.79 Å². The van der Waals surface area contributed by atoms with Crippen LogP contribution in [0.15, 0.2) is 72.3 Å². The van der Waals surface area contributed by atoms with Gasteiger partial charge in [0, 0.05) is 18.5 Å². The summed E-state index contributed by atoms with van der Waals surface area (Å²) in [5, 5.41) is 6.45. The highest BCUT2D eigenvalue weighted by Gasteiger charge is 2.69. The van der Waals surface area contributed by atoms with Gasteiger partial charge in [-0.15, -0.1) is 0 Å². The molecule has 50 heavy (non-hydrogen) atoms. The SMILES string of the molecule is CC1(C)CC[C@]2(C(=O)NCc3ccccc3)CC[C@]3(C)C(=CC[C@@H]4[C@@]5(C)CC[C@H](OC(=O)NCc6ccccc6)C(C)(C)[C@@H]5CC[C@]43C)[C@@H]2C1. The van der Waals surface area contributed by atoms with E-state index in [1.807, 2.05) is 36.4 Å². The number of benzene rings is 2. The lowest BCUT2D eigenvalue weighted by Gasteiger charge is -2.71. The van der Waals surface area contributed by atoms with Crippen LogP contribution in [0, 0.1) is 50.2 Å². The van der Waals surface area contributed by atoms with Gasteiger partial charge in [0.15, 0.2) is 0 Å². The van der Waals surface area contributed by atoms with E-state index in [1.165, 1.54) is 12.0 Å². The summed E-state index contributed by atoms with van der Waals surface area (Å²) < 4.78 is 6.25. The van der Waals surface area contributed by atoms with Gasteiger partial charge in [0.25, 0.3) is 0 Å². The van der Waals surface area contributed by atoms with E-state index in [1.54, 1.807) is 5.57 Å². The molecule has 0 unspecified atom stereocenters. The number of carbonyl (C=O) groups excluding carboxylic acids is 2. The second-order valence-electron chi connectivity index (χ2n) is 19.1. The summed E-state index contributed by atoms with van der Waals surface area (Å²) in [7, 11) is 0. The second-order valence-corrected chi connectivity index (χ2v) is 19.1. The minimum Gasteiger partial charge on any atom is -0.446 e. The van der Waals surface area contributed by atoms with Gasteiger partial charge in [0.2, 0.25) is 5.91 Å². The second kappa shape index (κ2) is 12.6. The Bertz CT molecular complexity index is 1620. The van der Waals surface area contributed by atoms with Gasteiger partial charge in [0.05, 0.1) is 5.41 Å². The molecule has 4 fully saturated rings. The number of ether oxygens (including phenoxy) is 1. The fourth-order valence-corrected chi connectivity index (χ4v) is 12.7. The number of nitrogens with one attached hydrogen (secondary N) is 2. The summed E-state index contributed by atoms with van der Waals surface area (Å²) in [5.41, 5.74) is 4.03. The van der Waals surface area contributed by atoms with Crippen LogP contribution in [0.25, 0.3) is 0 Å². The molecule has 0 radical (unpaired) electrons. The lowest BCUT2D eigenvalue weighted by atomic mass is 9.33. The van der Waals surface area contributed by atoms with Crippen molar-refractivity contribution in [1.29, 1.82) is 0 Å². The van der Waals surface area contributed by atoms with E-state index in [4.69, 9.17) is 4.74 Å². The van der Waals surface area contributed by atoms with E-state index < -0.39 is 0 Å². The minimum absolute atomic E-state index is 0.0695. The van der Waals surface area contributed by atoms with Crippen molar-refractivity contribution in [3.8, 4) is 0 Å². The van der Waals surface area contributed by atoms with Gasteiger partial charge >= 0.3 is 6.09 Å². The highest BCUT2D eigenvalue weighted by Crippen LogP contribution is 2.75. The monoisotopic (exact) mass is 678 g/mol. The molecule has 2 N–H and O–H groups in total. The number of rotatable bonds is 6. The number of hydrogen-bond donors (Lipinski definition) is 2. The fraction of sp³-hybridized carbons (Fsp3) is 0.644. The molecule has 5 aliphatic rings. The average molecular weight is 679 g/mol. The maximum absolute atomic E-state index is 14.4. The van der Waals surface area contributed by atoms with Crippen molar-refractivity contribution in [2.75, 3.05) is 0 Å². The standard InChI is InChI=1S/C45H62N2O3/c1-40(2)24-26-45(38(48)46-29-31-14-10-8-11-15-31)27-25-43(6)33(34(45)28-40)18-19-36-42(5)22-21-37(41(3,4)35(42)20-23-44(36,43)7)50-39(49)47-30-32-16-12-9-13-17-32/h8-18,34-37H,19-30H2,1-7H3,(H,46,48)(H,47,49)/t34-,35-,36+,37-,42-,43+,44+,45-/m0/s1. The predicted octanol–water partition coefficient (Wildman–Crippen LogP) is 10.4. The fourth-order valence-electron chi connectivity index (χ4n) is 12.7. The quantitative estimate of drug-likeness (QED) is 0.299. The predicted molar refractivity (Wildman–Crippen MR) is 201 cm³/mol. The lowest BCUT2D eigenvalue weighted by Crippen LogP contribution is -2.65. The Morgan fingerprint density at radius 2 is 1.34 bits per heavy atom. The summed E-state index contributed by atoms with van der Waals surface area (Å²) >= 11 is 0. The first-order valence-corrected chi connectivity index (χ1v) is 19.7. The first kappa shape index (κ1) is 35.3. The van der Waals surface area contributed by atoms with Crippen LogP contribution in [0.5, 0.6) is 0 Å². The zero-order valence-corrected chi connectivity index (χ0v) is 31.9. The van der Waals surface area contributed by atoms with Gasteiger partial charge in [-0.05, 0) is 115 Å². The molecule has 5 nitrogen and oxygen atoms in total. The van der Waals surface area contributed by atoms with Crippen molar-refractivity contribution in [3.63, 3.8) is 0 Å². The number of alkyl carbamates (subject to hydrolysis) is 1. The Balaban J connectivity index is 1.13. The number of hydrogen-bond acceptors (Lipinski definition) is 3. The Kier molecular flexibility index (Phi) is 8.87. The van der Waals surface area contributed by atoms with Crippen molar-refractivity contribution in [2.45, 2.75) is 132 Å². The normalized spacial score (nSPS) is 38.2. The van der Waals surface area contributed by atoms with Crippen LogP contribution in [0.4, 0.5) is 4.79 Å². The first-order valence-electron chi connectivity index (χ1n) is 19.7. The molecule has 0 saturated heterocycles. The van der Waals surface area contributed by atoms with E-state index in [0.717, 1.165) is 63.4 Å². The molecule has 0 heterocycles. The molecular formula is C45H62N2O3. The first-order chi connectivity index (χ1) is 23.6. The van der Waals surface area contributed by atoms with Gasteiger partial charge in [-0.1, -0.05) is 121 Å².